The van der Waals surface area contributed by atoms with E-state index >= 15 is 0 Å². The molecular formula is C18H15BrIN. The number of fused-ring (bicyclic) bond motifs is 3. The molecule has 106 valence electrons. The number of halogens is 2. The standard InChI is InChI=1S/C18H15BrIN/c19-12-9-7-11(8-10-12)17-14-4-1-3-13(14)15-5-2-6-16(20)18(15)21-17/h1-3,5-10,13-14,17,21H,4H2. The van der Waals surface area contributed by atoms with E-state index in [9.17, 15) is 0 Å². The van der Waals surface area contributed by atoms with Crippen molar-refractivity contribution in [3.8, 4) is 0 Å². The Morgan fingerprint density at radius 1 is 1.10 bits per heavy atom. The van der Waals surface area contributed by atoms with Crippen molar-refractivity contribution in [2.24, 2.45) is 5.92 Å². The highest BCUT2D eigenvalue weighted by Gasteiger charge is 2.38. The second-order valence-corrected chi connectivity index (χ2v) is 7.81. The second-order valence-electron chi connectivity index (χ2n) is 5.73. The Kier molecular flexibility index (Phi) is 3.58. The van der Waals surface area contributed by atoms with E-state index in [1.165, 1.54) is 20.4 Å². The van der Waals surface area contributed by atoms with E-state index in [-0.39, 0.29) is 0 Å². The normalized spacial score (nSPS) is 26.1. The van der Waals surface area contributed by atoms with Gasteiger partial charge in [-0.05, 0) is 64.3 Å². The summed E-state index contributed by atoms with van der Waals surface area (Å²) < 4.78 is 2.45. The minimum absolute atomic E-state index is 0.390. The highest BCUT2D eigenvalue weighted by Crippen LogP contribution is 2.50. The van der Waals surface area contributed by atoms with Gasteiger partial charge in [-0.25, -0.2) is 0 Å². The summed E-state index contributed by atoms with van der Waals surface area (Å²) in [6, 6.07) is 15.8. The van der Waals surface area contributed by atoms with E-state index in [1.54, 1.807) is 0 Å². The van der Waals surface area contributed by atoms with Crippen LogP contribution < -0.4 is 5.32 Å². The fourth-order valence-corrected chi connectivity index (χ4v) is 4.52. The lowest BCUT2D eigenvalue weighted by atomic mass is 9.77. The van der Waals surface area contributed by atoms with Crippen molar-refractivity contribution < 1.29 is 0 Å². The first-order chi connectivity index (χ1) is 10.2. The first kappa shape index (κ1) is 13.8. The van der Waals surface area contributed by atoms with Crippen LogP contribution in [-0.4, -0.2) is 0 Å². The van der Waals surface area contributed by atoms with Gasteiger partial charge < -0.3 is 5.32 Å². The smallest absolute Gasteiger partial charge is 0.0554 e. The van der Waals surface area contributed by atoms with Gasteiger partial charge >= 0.3 is 0 Å². The van der Waals surface area contributed by atoms with Gasteiger partial charge in [-0.2, -0.15) is 0 Å². The van der Waals surface area contributed by atoms with E-state index in [0.29, 0.717) is 17.9 Å². The summed E-state index contributed by atoms with van der Waals surface area (Å²) in [5, 5.41) is 3.81. The van der Waals surface area contributed by atoms with Crippen LogP contribution in [0.5, 0.6) is 0 Å². The number of hydrogen-bond acceptors (Lipinski definition) is 1. The number of rotatable bonds is 1. The van der Waals surface area contributed by atoms with Crippen LogP contribution in [0.25, 0.3) is 0 Å². The number of allylic oxidation sites excluding steroid dienone is 2. The molecule has 1 aliphatic heterocycles. The zero-order chi connectivity index (χ0) is 14.4. The van der Waals surface area contributed by atoms with Crippen LogP contribution in [-0.2, 0) is 0 Å². The van der Waals surface area contributed by atoms with Gasteiger partial charge in [-0.3, -0.25) is 0 Å². The van der Waals surface area contributed by atoms with Crippen LogP contribution in [0.15, 0.2) is 59.1 Å². The molecule has 0 aromatic heterocycles. The van der Waals surface area contributed by atoms with E-state index < -0.39 is 0 Å². The summed E-state index contributed by atoms with van der Waals surface area (Å²) in [6.07, 6.45) is 5.90. The van der Waals surface area contributed by atoms with Crippen LogP contribution in [0, 0.1) is 9.49 Å². The Balaban J connectivity index is 1.81. The lowest BCUT2D eigenvalue weighted by Gasteiger charge is -2.38. The monoisotopic (exact) mass is 451 g/mol. The first-order valence-electron chi connectivity index (χ1n) is 7.21. The van der Waals surface area contributed by atoms with Crippen LogP contribution >= 0.6 is 38.5 Å². The number of anilines is 1. The molecule has 3 heteroatoms. The number of nitrogens with one attached hydrogen (secondary N) is 1. The quantitative estimate of drug-likeness (QED) is 0.421. The Morgan fingerprint density at radius 3 is 2.71 bits per heavy atom. The molecule has 0 spiro atoms. The number of hydrogen-bond donors (Lipinski definition) is 1. The molecule has 3 atom stereocenters. The molecule has 2 aromatic carbocycles. The molecule has 4 rings (SSSR count). The SMILES string of the molecule is Brc1ccc(C2Nc3c(I)cccc3C3C=CCC32)cc1. The van der Waals surface area contributed by atoms with Crippen LogP contribution in [0.4, 0.5) is 5.69 Å². The van der Waals surface area contributed by atoms with Crippen molar-refractivity contribution >= 4 is 44.2 Å². The van der Waals surface area contributed by atoms with Gasteiger partial charge in [-0.15, -0.1) is 0 Å². The maximum atomic E-state index is 3.81. The van der Waals surface area contributed by atoms with Crippen LogP contribution in [0.1, 0.15) is 29.5 Å². The summed E-state index contributed by atoms with van der Waals surface area (Å²) in [5.41, 5.74) is 4.15. The number of para-hydroxylation sites is 1. The van der Waals surface area contributed by atoms with Gasteiger partial charge in [-0.1, -0.05) is 52.3 Å². The number of benzene rings is 2. The van der Waals surface area contributed by atoms with Crippen molar-refractivity contribution in [3.63, 3.8) is 0 Å². The van der Waals surface area contributed by atoms with Crippen molar-refractivity contribution in [1.82, 2.24) is 0 Å². The molecule has 3 unspecified atom stereocenters. The lowest BCUT2D eigenvalue weighted by molar-refractivity contribution is 0.425. The summed E-state index contributed by atoms with van der Waals surface area (Å²) in [6.45, 7) is 0. The zero-order valence-electron chi connectivity index (χ0n) is 11.4. The van der Waals surface area contributed by atoms with Gasteiger partial charge in [0.2, 0.25) is 0 Å². The lowest BCUT2D eigenvalue weighted by Crippen LogP contribution is -2.29. The first-order valence-corrected chi connectivity index (χ1v) is 9.08. The summed E-state index contributed by atoms with van der Waals surface area (Å²) in [4.78, 5) is 0. The Labute approximate surface area is 147 Å². The molecule has 2 aliphatic rings. The highest BCUT2D eigenvalue weighted by molar-refractivity contribution is 14.1. The molecule has 0 saturated heterocycles. The van der Waals surface area contributed by atoms with Crippen molar-refractivity contribution in [2.75, 3.05) is 5.32 Å². The zero-order valence-corrected chi connectivity index (χ0v) is 15.1. The molecule has 1 aliphatic carbocycles. The topological polar surface area (TPSA) is 12.0 Å². The average molecular weight is 452 g/mol. The summed E-state index contributed by atoms with van der Waals surface area (Å²) in [7, 11) is 0. The largest absolute Gasteiger partial charge is 0.377 e. The third-order valence-corrected chi connectivity index (χ3v) is 6.00. The van der Waals surface area contributed by atoms with Crippen LogP contribution in [0.2, 0.25) is 0 Å². The van der Waals surface area contributed by atoms with E-state index in [0.717, 1.165) is 10.9 Å². The summed E-state index contributed by atoms with van der Waals surface area (Å²) >= 11 is 5.97. The highest BCUT2D eigenvalue weighted by atomic mass is 127. The minimum Gasteiger partial charge on any atom is -0.377 e. The fourth-order valence-electron chi connectivity index (χ4n) is 3.58. The minimum atomic E-state index is 0.390. The maximum Gasteiger partial charge on any atom is 0.0554 e. The van der Waals surface area contributed by atoms with E-state index in [4.69, 9.17) is 0 Å². The third kappa shape index (κ3) is 2.34. The fraction of sp³-hybridized carbons (Fsp3) is 0.222. The van der Waals surface area contributed by atoms with E-state index in [1.807, 2.05) is 0 Å². The summed E-state index contributed by atoms with van der Waals surface area (Å²) in [5.74, 6) is 1.17. The molecule has 0 fully saturated rings. The van der Waals surface area contributed by atoms with Crippen molar-refractivity contribution in [3.05, 3.63) is 73.8 Å². The Morgan fingerprint density at radius 2 is 1.90 bits per heavy atom. The van der Waals surface area contributed by atoms with Crippen molar-refractivity contribution in [2.45, 2.75) is 18.4 Å². The molecule has 1 nitrogen and oxygen atoms in total. The van der Waals surface area contributed by atoms with Gasteiger partial charge in [0.25, 0.3) is 0 Å². The predicted octanol–water partition coefficient (Wildman–Crippen LogP) is 5.88. The second kappa shape index (κ2) is 5.43. The molecule has 0 amide bonds. The molecule has 0 radical (unpaired) electrons. The van der Waals surface area contributed by atoms with E-state index in [2.05, 4.69) is 98.5 Å². The van der Waals surface area contributed by atoms with Gasteiger partial charge in [0, 0.05) is 14.0 Å². The Bertz CT molecular complexity index is 708. The molecule has 1 N–H and O–H groups in total. The molecule has 0 saturated carbocycles. The van der Waals surface area contributed by atoms with Gasteiger partial charge in [0.1, 0.15) is 0 Å². The average Bonchev–Trinajstić information content (AvgIpc) is 2.98. The molecule has 1 heterocycles. The molecule has 21 heavy (non-hydrogen) atoms. The molecular weight excluding hydrogens is 437 g/mol. The predicted molar refractivity (Wildman–Crippen MR) is 99.7 cm³/mol. The van der Waals surface area contributed by atoms with Crippen molar-refractivity contribution in [1.29, 1.82) is 0 Å². The van der Waals surface area contributed by atoms with Gasteiger partial charge in [0.15, 0.2) is 0 Å². The van der Waals surface area contributed by atoms with Crippen LogP contribution in [0.3, 0.4) is 0 Å². The van der Waals surface area contributed by atoms with Gasteiger partial charge in [0.05, 0.1) is 11.7 Å². The Hall–Kier alpha value is -0.810. The maximum absolute atomic E-state index is 3.81. The molecule has 2 aromatic rings. The molecule has 0 bridgehead atoms. The third-order valence-electron chi connectivity index (χ3n) is 4.58.